The van der Waals surface area contributed by atoms with Gasteiger partial charge in [0, 0.05) is 50.6 Å². The number of hydrogen-bond acceptors (Lipinski definition) is 6. The van der Waals surface area contributed by atoms with E-state index in [0.717, 1.165) is 44.3 Å². The normalized spacial score (nSPS) is 21.3. The third-order valence-electron chi connectivity index (χ3n) is 8.20. The molecule has 3 fully saturated rings. The molecule has 2 saturated heterocycles. The molecule has 1 aromatic carbocycles. The molecule has 1 unspecified atom stereocenters. The number of nitrogens with zero attached hydrogens (tertiary/aromatic N) is 3. The predicted molar refractivity (Wildman–Crippen MR) is 143 cm³/mol. The summed E-state index contributed by atoms with van der Waals surface area (Å²) in [6.45, 7) is 3.22. The highest BCUT2D eigenvalue weighted by molar-refractivity contribution is 7.89. The molecule has 3 aliphatic rings. The molecular weight excluding hydrogens is 488 g/mol. The van der Waals surface area contributed by atoms with Crippen molar-refractivity contribution in [2.24, 2.45) is 11.8 Å². The maximum absolute atomic E-state index is 13.5. The molecule has 2 aromatic rings. The van der Waals surface area contributed by atoms with E-state index < -0.39 is 10.0 Å². The van der Waals surface area contributed by atoms with Crippen molar-refractivity contribution < 1.29 is 17.9 Å². The summed E-state index contributed by atoms with van der Waals surface area (Å²) in [6.07, 6.45) is 10.5. The number of anilines is 1. The van der Waals surface area contributed by atoms with E-state index in [4.69, 9.17) is 4.74 Å². The number of aromatic nitrogens is 1. The van der Waals surface area contributed by atoms with Crippen molar-refractivity contribution in [3.8, 4) is 5.75 Å². The average Bonchev–Trinajstić information content (AvgIpc) is 3.67. The van der Waals surface area contributed by atoms with Crippen molar-refractivity contribution in [2.45, 2.75) is 62.8 Å². The van der Waals surface area contributed by atoms with Crippen molar-refractivity contribution >= 4 is 21.7 Å². The lowest BCUT2D eigenvalue weighted by Crippen LogP contribution is -2.41. The van der Waals surface area contributed by atoms with Gasteiger partial charge in [-0.1, -0.05) is 37.8 Å². The van der Waals surface area contributed by atoms with Crippen LogP contribution in [0.5, 0.6) is 5.75 Å². The molecule has 0 spiro atoms. The van der Waals surface area contributed by atoms with Crippen LogP contribution in [0.25, 0.3) is 0 Å². The number of piperidine rings is 1. The summed E-state index contributed by atoms with van der Waals surface area (Å²) >= 11 is 0. The van der Waals surface area contributed by atoms with E-state index in [0.29, 0.717) is 48.6 Å². The highest BCUT2D eigenvalue weighted by atomic mass is 32.2. The van der Waals surface area contributed by atoms with Crippen molar-refractivity contribution in [2.75, 3.05) is 38.6 Å². The Hall–Kier alpha value is -2.65. The van der Waals surface area contributed by atoms with Gasteiger partial charge in [0.25, 0.3) is 5.91 Å². The lowest BCUT2D eigenvalue weighted by atomic mass is 9.85. The van der Waals surface area contributed by atoms with Crippen molar-refractivity contribution in [1.29, 1.82) is 0 Å². The Kier molecular flexibility index (Phi) is 8.00. The zero-order valence-electron chi connectivity index (χ0n) is 21.7. The Morgan fingerprint density at radius 3 is 2.54 bits per heavy atom. The minimum atomic E-state index is -3.64. The number of benzene rings is 1. The second kappa shape index (κ2) is 11.4. The van der Waals surface area contributed by atoms with E-state index in [-0.39, 0.29) is 10.8 Å². The first-order chi connectivity index (χ1) is 18.0. The standard InChI is InChI=1S/C28H38N4O4S/c1-36-26-17-25(37(34,35)32-15-7-12-24(20-32)22-9-2-3-10-22)19-30-27(26)29-18-21-8-6-11-23(16-21)28(33)31-13-4-5-14-31/h6,8,11,16-17,19,22,24H,2-5,7,9-10,12-15,18,20H2,1H3,(H,29,30). The van der Waals surface area contributed by atoms with E-state index in [9.17, 15) is 13.2 Å². The zero-order valence-corrected chi connectivity index (χ0v) is 22.5. The van der Waals surface area contributed by atoms with E-state index in [1.54, 1.807) is 10.4 Å². The molecule has 9 heteroatoms. The number of nitrogens with one attached hydrogen (secondary N) is 1. The highest BCUT2D eigenvalue weighted by Gasteiger charge is 2.35. The fraction of sp³-hybridized carbons (Fsp3) is 0.571. The first-order valence-electron chi connectivity index (χ1n) is 13.6. The number of sulfonamides is 1. The predicted octanol–water partition coefficient (Wildman–Crippen LogP) is 4.53. The lowest BCUT2D eigenvalue weighted by Gasteiger charge is -2.35. The summed E-state index contributed by atoms with van der Waals surface area (Å²) in [4.78, 5) is 19.2. The number of carbonyl (C=O) groups excluding carboxylic acids is 1. The third kappa shape index (κ3) is 5.77. The Balaban J connectivity index is 1.26. The number of likely N-dealkylation sites (tertiary alicyclic amines) is 1. The number of methoxy groups -OCH3 is 1. The number of amides is 1. The van der Waals surface area contributed by atoms with Gasteiger partial charge in [0.2, 0.25) is 10.0 Å². The molecule has 1 atom stereocenters. The van der Waals surface area contributed by atoms with Crippen LogP contribution in [0.15, 0.2) is 41.4 Å². The molecule has 5 rings (SSSR count). The van der Waals surface area contributed by atoms with Crippen LogP contribution in [0.4, 0.5) is 5.82 Å². The Morgan fingerprint density at radius 1 is 1.03 bits per heavy atom. The monoisotopic (exact) mass is 526 g/mol. The third-order valence-corrected chi connectivity index (χ3v) is 10.0. The Morgan fingerprint density at radius 2 is 1.78 bits per heavy atom. The molecule has 1 aromatic heterocycles. The van der Waals surface area contributed by atoms with E-state index in [1.807, 2.05) is 29.2 Å². The van der Waals surface area contributed by atoms with Crippen LogP contribution in [0.1, 0.15) is 67.3 Å². The summed E-state index contributed by atoms with van der Waals surface area (Å²) < 4.78 is 34.1. The maximum atomic E-state index is 13.5. The molecule has 1 amide bonds. The van der Waals surface area contributed by atoms with Gasteiger partial charge < -0.3 is 15.0 Å². The number of ether oxygens (including phenoxy) is 1. The highest BCUT2D eigenvalue weighted by Crippen LogP contribution is 2.37. The number of hydrogen-bond donors (Lipinski definition) is 1. The average molecular weight is 527 g/mol. The molecule has 200 valence electrons. The molecule has 2 aliphatic heterocycles. The maximum Gasteiger partial charge on any atom is 0.253 e. The van der Waals surface area contributed by atoms with Gasteiger partial charge in [0.1, 0.15) is 4.90 Å². The summed E-state index contributed by atoms with van der Waals surface area (Å²) in [5, 5.41) is 3.25. The van der Waals surface area contributed by atoms with Crippen LogP contribution in [-0.4, -0.2) is 61.8 Å². The van der Waals surface area contributed by atoms with Crippen molar-refractivity contribution in [3.63, 3.8) is 0 Å². The molecule has 37 heavy (non-hydrogen) atoms. The summed E-state index contributed by atoms with van der Waals surface area (Å²) in [5.74, 6) is 2.03. The molecule has 8 nitrogen and oxygen atoms in total. The molecule has 3 heterocycles. The van der Waals surface area contributed by atoms with Gasteiger partial charge in [-0.2, -0.15) is 4.31 Å². The van der Waals surface area contributed by atoms with Crippen LogP contribution in [0.2, 0.25) is 0 Å². The fourth-order valence-corrected chi connectivity index (χ4v) is 7.61. The lowest BCUT2D eigenvalue weighted by molar-refractivity contribution is 0.0792. The second-order valence-corrected chi connectivity index (χ2v) is 12.5. The summed E-state index contributed by atoms with van der Waals surface area (Å²) in [5.41, 5.74) is 1.62. The van der Waals surface area contributed by atoms with Crippen LogP contribution >= 0.6 is 0 Å². The van der Waals surface area contributed by atoms with Crippen LogP contribution in [0, 0.1) is 11.8 Å². The summed E-state index contributed by atoms with van der Waals surface area (Å²) in [6, 6.07) is 9.15. The molecule has 1 aliphatic carbocycles. The smallest absolute Gasteiger partial charge is 0.253 e. The first-order valence-corrected chi connectivity index (χ1v) is 15.1. The molecular formula is C28H38N4O4S. The van der Waals surface area contributed by atoms with Crippen LogP contribution in [-0.2, 0) is 16.6 Å². The van der Waals surface area contributed by atoms with Crippen LogP contribution < -0.4 is 10.1 Å². The van der Waals surface area contributed by atoms with E-state index in [2.05, 4.69) is 10.3 Å². The van der Waals surface area contributed by atoms with Gasteiger partial charge in [0.15, 0.2) is 11.6 Å². The molecule has 0 radical (unpaired) electrons. The van der Waals surface area contributed by atoms with E-state index >= 15 is 0 Å². The second-order valence-electron chi connectivity index (χ2n) is 10.6. The molecule has 1 N–H and O–H groups in total. The minimum absolute atomic E-state index is 0.0671. The zero-order chi connectivity index (χ0) is 25.8. The Labute approximate surface area is 220 Å². The quantitative estimate of drug-likeness (QED) is 0.544. The molecule has 1 saturated carbocycles. The number of rotatable bonds is 8. The molecule has 0 bridgehead atoms. The van der Waals surface area contributed by atoms with Crippen LogP contribution in [0.3, 0.4) is 0 Å². The number of carbonyl (C=O) groups is 1. The van der Waals surface area contributed by atoms with Gasteiger partial charge in [-0.25, -0.2) is 13.4 Å². The SMILES string of the molecule is COc1cc(S(=O)(=O)N2CCCC(C3CCCC3)C2)cnc1NCc1cccc(C(=O)N2CCCC2)c1. The van der Waals surface area contributed by atoms with Gasteiger partial charge in [-0.15, -0.1) is 0 Å². The topological polar surface area (TPSA) is 91.8 Å². The van der Waals surface area contributed by atoms with Gasteiger partial charge >= 0.3 is 0 Å². The first kappa shape index (κ1) is 26.0. The largest absolute Gasteiger partial charge is 0.493 e. The van der Waals surface area contributed by atoms with Gasteiger partial charge in [0.05, 0.1) is 7.11 Å². The number of pyridine rings is 1. The summed E-state index contributed by atoms with van der Waals surface area (Å²) in [7, 11) is -2.12. The van der Waals surface area contributed by atoms with Gasteiger partial charge in [-0.3, -0.25) is 4.79 Å². The van der Waals surface area contributed by atoms with E-state index in [1.165, 1.54) is 39.0 Å². The minimum Gasteiger partial charge on any atom is -0.493 e. The Bertz CT molecular complexity index is 1210. The van der Waals surface area contributed by atoms with Gasteiger partial charge in [-0.05, 0) is 55.2 Å². The van der Waals surface area contributed by atoms with Crippen molar-refractivity contribution in [1.82, 2.24) is 14.2 Å². The fourth-order valence-electron chi connectivity index (χ4n) is 6.11. The van der Waals surface area contributed by atoms with Crippen molar-refractivity contribution in [3.05, 3.63) is 47.7 Å².